The van der Waals surface area contributed by atoms with Crippen LogP contribution in [0.4, 0.5) is 0 Å². The number of nitrogens with zero attached hydrogens (tertiary/aromatic N) is 3. The first-order chi connectivity index (χ1) is 10.3. The Morgan fingerprint density at radius 2 is 2.10 bits per heavy atom. The number of benzene rings is 1. The van der Waals surface area contributed by atoms with E-state index in [9.17, 15) is 4.79 Å². The van der Waals surface area contributed by atoms with E-state index >= 15 is 0 Å². The van der Waals surface area contributed by atoms with E-state index in [1.165, 1.54) is 0 Å². The van der Waals surface area contributed by atoms with E-state index in [0.717, 1.165) is 37.9 Å². The highest BCUT2D eigenvalue weighted by Gasteiger charge is 2.23. The van der Waals surface area contributed by atoms with Gasteiger partial charge in [0.2, 0.25) is 0 Å². The van der Waals surface area contributed by atoms with Crippen LogP contribution in [0.15, 0.2) is 30.6 Å². The van der Waals surface area contributed by atoms with Crippen molar-refractivity contribution in [2.75, 3.05) is 20.1 Å². The van der Waals surface area contributed by atoms with Crippen LogP contribution in [-0.4, -0.2) is 47.0 Å². The van der Waals surface area contributed by atoms with Gasteiger partial charge in [0.15, 0.2) is 0 Å². The predicted octanol–water partition coefficient (Wildman–Crippen LogP) is 1.84. The minimum absolute atomic E-state index is 0.0352. The quantitative estimate of drug-likeness (QED) is 0.914. The lowest BCUT2D eigenvalue weighted by atomic mass is 10.1. The minimum Gasteiger partial charge on any atom is -0.339 e. The fourth-order valence-corrected chi connectivity index (χ4v) is 2.91. The second-order valence-electron chi connectivity index (χ2n) is 5.48. The zero-order valence-electron chi connectivity index (χ0n) is 12.2. The molecule has 1 N–H and O–H groups in total. The summed E-state index contributed by atoms with van der Waals surface area (Å²) in [5.41, 5.74) is 2.09. The Morgan fingerprint density at radius 3 is 3.00 bits per heavy atom. The first-order valence-corrected chi connectivity index (χ1v) is 7.45. The summed E-state index contributed by atoms with van der Waals surface area (Å²) in [6, 6.07) is 5.88. The maximum absolute atomic E-state index is 12.8. The van der Waals surface area contributed by atoms with Gasteiger partial charge in [0, 0.05) is 25.5 Å². The SMILES string of the molecule is CN(C(=O)c1cccc2nccnc12)C1CCCNCC1. The van der Waals surface area contributed by atoms with E-state index in [2.05, 4.69) is 15.3 Å². The highest BCUT2D eigenvalue weighted by molar-refractivity contribution is 6.04. The van der Waals surface area contributed by atoms with Gasteiger partial charge in [-0.3, -0.25) is 14.8 Å². The third-order valence-electron chi connectivity index (χ3n) is 4.14. The molecule has 2 heterocycles. The van der Waals surface area contributed by atoms with Gasteiger partial charge in [0.05, 0.1) is 11.1 Å². The maximum Gasteiger partial charge on any atom is 0.256 e. The molecule has 5 nitrogen and oxygen atoms in total. The van der Waals surface area contributed by atoms with Gasteiger partial charge in [-0.05, 0) is 44.5 Å². The van der Waals surface area contributed by atoms with Crippen molar-refractivity contribution in [2.24, 2.45) is 0 Å². The lowest BCUT2D eigenvalue weighted by Crippen LogP contribution is -2.37. The molecule has 0 bridgehead atoms. The van der Waals surface area contributed by atoms with Crippen molar-refractivity contribution in [3.8, 4) is 0 Å². The zero-order valence-corrected chi connectivity index (χ0v) is 12.2. The summed E-state index contributed by atoms with van der Waals surface area (Å²) in [6.45, 7) is 2.01. The summed E-state index contributed by atoms with van der Waals surface area (Å²) in [6.07, 6.45) is 6.44. The first-order valence-electron chi connectivity index (χ1n) is 7.45. The third-order valence-corrected chi connectivity index (χ3v) is 4.14. The summed E-state index contributed by atoms with van der Waals surface area (Å²) in [7, 11) is 1.90. The molecule has 0 spiro atoms. The van der Waals surface area contributed by atoms with Gasteiger partial charge in [0.25, 0.3) is 5.91 Å². The number of fused-ring (bicyclic) bond motifs is 1. The van der Waals surface area contributed by atoms with E-state index in [1.54, 1.807) is 12.4 Å². The van der Waals surface area contributed by atoms with Gasteiger partial charge in [-0.2, -0.15) is 0 Å². The number of aromatic nitrogens is 2. The molecular weight excluding hydrogens is 264 g/mol. The lowest BCUT2D eigenvalue weighted by Gasteiger charge is -2.27. The molecule has 2 aromatic rings. The van der Waals surface area contributed by atoms with Gasteiger partial charge in [0.1, 0.15) is 5.52 Å². The van der Waals surface area contributed by atoms with E-state index < -0.39 is 0 Å². The van der Waals surface area contributed by atoms with Crippen LogP contribution in [0.3, 0.4) is 0 Å². The van der Waals surface area contributed by atoms with Gasteiger partial charge in [-0.1, -0.05) is 6.07 Å². The third kappa shape index (κ3) is 2.88. The molecule has 1 aliphatic heterocycles. The molecule has 0 aliphatic carbocycles. The Kier molecular flexibility index (Phi) is 4.10. The fraction of sp³-hybridized carbons (Fsp3) is 0.438. The summed E-state index contributed by atoms with van der Waals surface area (Å²) < 4.78 is 0. The van der Waals surface area contributed by atoms with Crippen molar-refractivity contribution >= 4 is 16.9 Å². The number of para-hydroxylation sites is 1. The molecule has 0 saturated carbocycles. The Bertz CT molecular complexity index is 630. The molecule has 1 unspecified atom stereocenters. The Morgan fingerprint density at radius 1 is 1.24 bits per heavy atom. The van der Waals surface area contributed by atoms with E-state index in [1.807, 2.05) is 30.1 Å². The lowest BCUT2D eigenvalue weighted by molar-refractivity contribution is 0.0722. The number of rotatable bonds is 2. The molecule has 5 heteroatoms. The monoisotopic (exact) mass is 284 g/mol. The van der Waals surface area contributed by atoms with Crippen molar-refractivity contribution in [2.45, 2.75) is 25.3 Å². The van der Waals surface area contributed by atoms with Crippen LogP contribution in [0.1, 0.15) is 29.6 Å². The number of amides is 1. The van der Waals surface area contributed by atoms with Crippen LogP contribution in [-0.2, 0) is 0 Å². The largest absolute Gasteiger partial charge is 0.339 e. The topological polar surface area (TPSA) is 58.1 Å². The van der Waals surface area contributed by atoms with Gasteiger partial charge in [-0.15, -0.1) is 0 Å². The molecule has 21 heavy (non-hydrogen) atoms. The van der Waals surface area contributed by atoms with Crippen LogP contribution >= 0.6 is 0 Å². The Hall–Kier alpha value is -2.01. The van der Waals surface area contributed by atoms with Crippen molar-refractivity contribution < 1.29 is 4.79 Å². The van der Waals surface area contributed by atoms with Crippen LogP contribution in [0.5, 0.6) is 0 Å². The van der Waals surface area contributed by atoms with Gasteiger partial charge >= 0.3 is 0 Å². The highest BCUT2D eigenvalue weighted by atomic mass is 16.2. The number of nitrogens with one attached hydrogen (secondary N) is 1. The van der Waals surface area contributed by atoms with Crippen LogP contribution in [0, 0.1) is 0 Å². The van der Waals surface area contributed by atoms with Crippen molar-refractivity contribution in [1.29, 1.82) is 0 Å². The smallest absolute Gasteiger partial charge is 0.256 e. The summed E-state index contributed by atoms with van der Waals surface area (Å²) in [4.78, 5) is 23.3. The second-order valence-corrected chi connectivity index (χ2v) is 5.48. The first kappa shape index (κ1) is 13.9. The summed E-state index contributed by atoms with van der Waals surface area (Å²) in [5, 5.41) is 3.38. The number of hydrogen-bond donors (Lipinski definition) is 1. The van der Waals surface area contributed by atoms with Crippen LogP contribution in [0.2, 0.25) is 0 Å². The highest BCUT2D eigenvalue weighted by Crippen LogP contribution is 2.19. The van der Waals surface area contributed by atoms with E-state index in [4.69, 9.17) is 0 Å². The Labute approximate surface area is 124 Å². The second kappa shape index (κ2) is 6.18. The molecule has 1 fully saturated rings. The van der Waals surface area contributed by atoms with E-state index in [-0.39, 0.29) is 5.91 Å². The molecule has 1 saturated heterocycles. The maximum atomic E-state index is 12.8. The normalized spacial score (nSPS) is 19.2. The van der Waals surface area contributed by atoms with Gasteiger partial charge < -0.3 is 10.2 Å². The number of hydrogen-bond acceptors (Lipinski definition) is 4. The van der Waals surface area contributed by atoms with Crippen LogP contribution < -0.4 is 5.32 Å². The molecule has 1 atom stereocenters. The number of carbonyl (C=O) groups excluding carboxylic acids is 1. The molecule has 0 radical (unpaired) electrons. The molecule has 3 rings (SSSR count). The molecule has 1 aromatic carbocycles. The van der Waals surface area contributed by atoms with Gasteiger partial charge in [-0.25, -0.2) is 0 Å². The minimum atomic E-state index is 0.0352. The van der Waals surface area contributed by atoms with E-state index in [0.29, 0.717) is 17.1 Å². The zero-order chi connectivity index (χ0) is 14.7. The Balaban J connectivity index is 1.89. The average Bonchev–Trinajstić information content (AvgIpc) is 2.82. The standard InChI is InChI=1S/C16H20N4O/c1-20(12-4-3-8-17-9-7-12)16(21)13-5-2-6-14-15(13)19-11-10-18-14/h2,5-6,10-12,17H,3-4,7-9H2,1H3. The van der Waals surface area contributed by atoms with Crippen molar-refractivity contribution in [3.63, 3.8) is 0 Å². The predicted molar refractivity (Wildman–Crippen MR) is 82.1 cm³/mol. The average molecular weight is 284 g/mol. The van der Waals surface area contributed by atoms with Crippen LogP contribution in [0.25, 0.3) is 11.0 Å². The molecule has 1 aromatic heterocycles. The number of carbonyl (C=O) groups is 1. The van der Waals surface area contributed by atoms with Crippen molar-refractivity contribution in [1.82, 2.24) is 20.2 Å². The molecular formula is C16H20N4O. The fourth-order valence-electron chi connectivity index (χ4n) is 2.91. The molecule has 1 aliphatic rings. The van der Waals surface area contributed by atoms with Crippen molar-refractivity contribution in [3.05, 3.63) is 36.2 Å². The summed E-state index contributed by atoms with van der Waals surface area (Å²) in [5.74, 6) is 0.0352. The molecule has 1 amide bonds. The molecule has 110 valence electrons. The summed E-state index contributed by atoms with van der Waals surface area (Å²) >= 11 is 0.